The van der Waals surface area contributed by atoms with E-state index in [1.54, 1.807) is 12.1 Å². The van der Waals surface area contributed by atoms with Gasteiger partial charge in [-0.2, -0.15) is 0 Å². The molecule has 3 rings (SSSR count). The van der Waals surface area contributed by atoms with Gasteiger partial charge in [-0.1, -0.05) is 12.1 Å². The minimum absolute atomic E-state index is 0.0509. The van der Waals surface area contributed by atoms with E-state index in [1.165, 1.54) is 12.3 Å². The fourth-order valence-electron chi connectivity index (χ4n) is 2.26. The maximum Gasteiger partial charge on any atom is 0.197 e. The topological polar surface area (TPSA) is 77.1 Å². The van der Waals surface area contributed by atoms with Gasteiger partial charge in [-0.3, -0.25) is 9.19 Å². The van der Waals surface area contributed by atoms with Crippen molar-refractivity contribution in [3.05, 3.63) is 47.8 Å². The molecule has 0 spiro atoms. The van der Waals surface area contributed by atoms with Crippen LogP contribution < -0.4 is 4.74 Å². The number of H-pyrrole nitrogens is 1. The predicted octanol–water partition coefficient (Wildman–Crippen LogP) is 2.99. The van der Waals surface area contributed by atoms with E-state index in [9.17, 15) is 4.21 Å². The lowest BCUT2D eigenvalue weighted by molar-refractivity contribution is 0.172. The van der Waals surface area contributed by atoms with Crippen molar-refractivity contribution in [2.45, 2.75) is 24.2 Å². The summed E-state index contributed by atoms with van der Waals surface area (Å²) in [4.78, 5) is 11.4. The van der Waals surface area contributed by atoms with Gasteiger partial charge in [-0.15, -0.1) is 0 Å². The largest absolute Gasteiger partial charge is 0.493 e. The number of rotatable bonds is 8. The summed E-state index contributed by atoms with van der Waals surface area (Å²) < 4.78 is 67.7. The maximum absolute atomic E-state index is 12.9. The number of hydrogen-bond donors (Lipinski definition) is 1. The highest BCUT2D eigenvalue weighted by molar-refractivity contribution is 7.84. The van der Waals surface area contributed by atoms with Crippen molar-refractivity contribution < 1.29 is 21.9 Å². The van der Waals surface area contributed by atoms with Crippen molar-refractivity contribution in [3.8, 4) is 5.75 Å². The van der Waals surface area contributed by atoms with Crippen molar-refractivity contribution in [2.24, 2.45) is 0 Å². The van der Waals surface area contributed by atoms with E-state index >= 15 is 0 Å². The maximum atomic E-state index is 12.9. The number of aromatic amines is 1. The normalized spacial score (nSPS) is 17.0. The quantitative estimate of drug-likeness (QED) is 0.621. The molecule has 0 bridgehead atoms. The molecule has 0 amide bonds. The Labute approximate surface area is 157 Å². The molecule has 7 heteroatoms. The molecule has 3 aromatic rings. The first-order valence-electron chi connectivity index (χ1n) is 10.6. The van der Waals surface area contributed by atoms with E-state index in [0.29, 0.717) is 5.52 Å². The van der Waals surface area contributed by atoms with Crippen LogP contribution in [0.4, 0.5) is 0 Å². The number of para-hydroxylation sites is 2. The lowest BCUT2D eigenvalue weighted by Gasteiger charge is -2.11. The molecule has 0 saturated carbocycles. The van der Waals surface area contributed by atoms with Crippen LogP contribution in [0.1, 0.15) is 25.9 Å². The number of nitrogens with one attached hydrogen (secondary N) is 1. The van der Waals surface area contributed by atoms with Gasteiger partial charge in [0.05, 0.1) is 44.0 Å². The molecule has 0 aliphatic rings. The monoisotopic (exact) mass is 365 g/mol. The van der Waals surface area contributed by atoms with Crippen molar-refractivity contribution in [1.29, 1.82) is 0 Å². The van der Waals surface area contributed by atoms with Crippen LogP contribution >= 0.6 is 0 Å². The Bertz CT molecular complexity index is 1030. The zero-order valence-corrected chi connectivity index (χ0v) is 14.1. The summed E-state index contributed by atoms with van der Waals surface area (Å²) in [5, 5.41) is 0.229. The van der Waals surface area contributed by atoms with Gasteiger partial charge >= 0.3 is 0 Å². The Kier molecular flexibility index (Phi) is 3.74. The van der Waals surface area contributed by atoms with Gasteiger partial charge in [-0.25, -0.2) is 4.98 Å². The smallest absolute Gasteiger partial charge is 0.197 e. The molecule has 2 aromatic heterocycles. The van der Waals surface area contributed by atoms with Crippen LogP contribution in [0, 0.1) is 6.85 Å². The molecular formula is C18H21N3O3S. The van der Waals surface area contributed by atoms with E-state index in [1.807, 2.05) is 12.1 Å². The fraction of sp³-hybridized carbons (Fsp3) is 0.333. The van der Waals surface area contributed by atoms with Gasteiger partial charge in [0, 0.05) is 35.9 Å². The summed E-state index contributed by atoms with van der Waals surface area (Å²) >= 11 is 0. The third-order valence-electron chi connectivity index (χ3n) is 3.49. The summed E-state index contributed by atoms with van der Waals surface area (Å²) in [5.41, 5.74) is 1.38. The Morgan fingerprint density at radius 1 is 1.28 bits per heavy atom. The SMILES string of the molecule is [2H]C([2H])([2H])OCCCOc1ccnc(CS(=O)c2nc3ccccc3[nH]2)c1C([2H])([2H])[2H]. The lowest BCUT2D eigenvalue weighted by Crippen LogP contribution is -2.06. The highest BCUT2D eigenvalue weighted by Crippen LogP contribution is 2.22. The number of methoxy groups -OCH3 is 1. The van der Waals surface area contributed by atoms with Gasteiger partial charge < -0.3 is 14.5 Å². The van der Waals surface area contributed by atoms with Crippen LogP contribution in [0.5, 0.6) is 5.75 Å². The van der Waals surface area contributed by atoms with E-state index < -0.39 is 24.7 Å². The molecule has 2 heterocycles. The molecule has 0 radical (unpaired) electrons. The third-order valence-corrected chi connectivity index (χ3v) is 4.65. The third kappa shape index (κ3) is 4.24. The first kappa shape index (κ1) is 11.4. The Morgan fingerprint density at radius 3 is 3.04 bits per heavy atom. The van der Waals surface area contributed by atoms with Crippen molar-refractivity contribution in [1.82, 2.24) is 15.0 Å². The van der Waals surface area contributed by atoms with Crippen LogP contribution in [-0.2, 0) is 21.3 Å². The Morgan fingerprint density at radius 2 is 2.20 bits per heavy atom. The van der Waals surface area contributed by atoms with Crippen LogP contribution in [0.25, 0.3) is 11.0 Å². The number of aromatic nitrogens is 3. The summed E-state index contributed by atoms with van der Waals surface area (Å²) in [7, 11) is -4.15. The minimum Gasteiger partial charge on any atom is -0.493 e. The fourth-order valence-corrected chi connectivity index (χ4v) is 3.29. The molecule has 25 heavy (non-hydrogen) atoms. The van der Waals surface area contributed by atoms with E-state index in [4.69, 9.17) is 13.0 Å². The standard InChI is InChI=1S/C18H21N3O3S/c1-13-16(19-9-8-17(13)24-11-5-10-23-2)12-25(22)18-20-14-6-3-4-7-15(14)21-18/h3-4,6-9H,5,10-12H2,1-2H3,(H,20,21)/i1D3,2D3. The van der Waals surface area contributed by atoms with Gasteiger partial charge in [-0.05, 0) is 25.1 Å². The molecule has 0 saturated heterocycles. The summed E-state index contributed by atoms with van der Waals surface area (Å²) in [6.07, 6.45) is 1.63. The van der Waals surface area contributed by atoms with Gasteiger partial charge in [0.15, 0.2) is 5.16 Å². The molecule has 0 aliphatic heterocycles. The number of fused-ring (bicyclic) bond motifs is 1. The molecule has 1 unspecified atom stereocenters. The second kappa shape index (κ2) is 8.22. The number of nitrogens with zero attached hydrogens (tertiary/aromatic N) is 2. The molecule has 0 aliphatic carbocycles. The first-order chi connectivity index (χ1) is 14.5. The average Bonchev–Trinajstić information content (AvgIpc) is 3.10. The number of hydrogen-bond acceptors (Lipinski definition) is 5. The van der Waals surface area contributed by atoms with Crippen molar-refractivity contribution in [2.75, 3.05) is 20.3 Å². The molecular weight excluding hydrogens is 338 g/mol. The zero-order chi connectivity index (χ0) is 22.6. The van der Waals surface area contributed by atoms with Crippen molar-refractivity contribution in [3.63, 3.8) is 0 Å². The number of ether oxygens (including phenoxy) is 2. The molecule has 1 atom stereocenters. The Hall–Kier alpha value is -2.25. The van der Waals surface area contributed by atoms with E-state index in [2.05, 4.69) is 19.7 Å². The number of imidazole rings is 1. The second-order valence-electron chi connectivity index (χ2n) is 5.23. The van der Waals surface area contributed by atoms with Crippen LogP contribution in [0.3, 0.4) is 0 Å². The predicted molar refractivity (Wildman–Crippen MR) is 97.2 cm³/mol. The number of pyridine rings is 1. The highest BCUT2D eigenvalue weighted by atomic mass is 32.2. The van der Waals surface area contributed by atoms with Gasteiger partial charge in [0.25, 0.3) is 0 Å². The summed E-state index contributed by atoms with van der Waals surface area (Å²) in [6.45, 7) is -2.56. The summed E-state index contributed by atoms with van der Waals surface area (Å²) in [6, 6.07) is 8.64. The van der Waals surface area contributed by atoms with Crippen LogP contribution in [0.15, 0.2) is 41.7 Å². The highest BCUT2D eigenvalue weighted by Gasteiger charge is 2.14. The molecule has 0 fully saturated rings. The second-order valence-corrected chi connectivity index (χ2v) is 6.60. The lowest BCUT2D eigenvalue weighted by atomic mass is 10.2. The van der Waals surface area contributed by atoms with Crippen LogP contribution in [0.2, 0.25) is 0 Å². The molecule has 1 aromatic carbocycles. The molecule has 132 valence electrons. The molecule has 1 N–H and O–H groups in total. The molecule has 6 nitrogen and oxygen atoms in total. The van der Waals surface area contributed by atoms with Crippen molar-refractivity contribution >= 4 is 21.8 Å². The first-order valence-corrected chi connectivity index (χ1v) is 8.95. The number of benzene rings is 1. The van der Waals surface area contributed by atoms with Gasteiger partial charge in [0.2, 0.25) is 0 Å². The van der Waals surface area contributed by atoms with Gasteiger partial charge in [0.1, 0.15) is 5.75 Å². The zero-order valence-electron chi connectivity index (χ0n) is 19.3. The van der Waals surface area contributed by atoms with E-state index in [-0.39, 0.29) is 47.6 Å². The Balaban J connectivity index is 1.76. The average molecular weight is 365 g/mol. The van der Waals surface area contributed by atoms with Crippen LogP contribution in [-0.4, -0.2) is 39.4 Å². The summed E-state index contributed by atoms with van der Waals surface area (Å²) in [5.74, 6) is -0.0760. The van der Waals surface area contributed by atoms with E-state index in [0.717, 1.165) is 5.52 Å². The minimum atomic E-state index is -2.55.